The van der Waals surface area contributed by atoms with Gasteiger partial charge in [0.1, 0.15) is 11.4 Å². The largest absolute Gasteiger partial charge is 0.465 e. The molecule has 0 spiro atoms. The predicted octanol–water partition coefficient (Wildman–Crippen LogP) is 2.87. The quantitative estimate of drug-likeness (QED) is 0.672. The average molecular weight is 360 g/mol. The standard InChI is InChI=1S/C17H11ClFN3O3/c1-25-17(24)14-7-15(10-2-4-11(18)5-3-10)21-22(16(14)23)13-6-12(19)8-20-9-13/h2-9H,1H3. The molecule has 25 heavy (non-hydrogen) atoms. The monoisotopic (exact) mass is 359 g/mol. The number of hydrogen-bond acceptors (Lipinski definition) is 5. The first-order valence-corrected chi connectivity index (χ1v) is 7.47. The molecule has 0 aliphatic heterocycles. The second-order valence-corrected chi connectivity index (χ2v) is 5.46. The van der Waals surface area contributed by atoms with Crippen LogP contribution in [0, 0.1) is 5.82 Å². The van der Waals surface area contributed by atoms with Crippen molar-refractivity contribution in [1.82, 2.24) is 14.8 Å². The third-order valence-electron chi connectivity index (χ3n) is 3.39. The number of benzene rings is 1. The summed E-state index contributed by atoms with van der Waals surface area (Å²) in [4.78, 5) is 28.2. The minimum absolute atomic E-state index is 0.0889. The summed E-state index contributed by atoms with van der Waals surface area (Å²) in [6, 6.07) is 9.08. The van der Waals surface area contributed by atoms with Crippen molar-refractivity contribution in [2.24, 2.45) is 0 Å². The molecule has 2 aromatic heterocycles. The zero-order valence-corrected chi connectivity index (χ0v) is 13.7. The van der Waals surface area contributed by atoms with Crippen LogP contribution in [0.4, 0.5) is 4.39 Å². The molecular formula is C17H11ClFN3O3. The lowest BCUT2D eigenvalue weighted by Crippen LogP contribution is -2.28. The van der Waals surface area contributed by atoms with E-state index in [1.165, 1.54) is 12.3 Å². The van der Waals surface area contributed by atoms with E-state index in [9.17, 15) is 14.0 Å². The molecule has 0 radical (unpaired) electrons. The van der Waals surface area contributed by atoms with Gasteiger partial charge in [0, 0.05) is 16.7 Å². The van der Waals surface area contributed by atoms with Crippen LogP contribution in [0.3, 0.4) is 0 Å². The van der Waals surface area contributed by atoms with E-state index < -0.39 is 17.3 Å². The molecule has 0 unspecified atom stereocenters. The second-order valence-electron chi connectivity index (χ2n) is 5.02. The van der Waals surface area contributed by atoms with Gasteiger partial charge >= 0.3 is 5.97 Å². The number of aromatic nitrogens is 3. The van der Waals surface area contributed by atoms with Gasteiger partial charge < -0.3 is 4.74 Å². The van der Waals surface area contributed by atoms with Crippen molar-refractivity contribution in [3.05, 3.63) is 75.5 Å². The summed E-state index contributed by atoms with van der Waals surface area (Å²) in [7, 11) is 1.16. The molecule has 126 valence electrons. The minimum Gasteiger partial charge on any atom is -0.465 e. The van der Waals surface area contributed by atoms with E-state index in [0.717, 1.165) is 24.1 Å². The number of nitrogens with zero attached hydrogens (tertiary/aromatic N) is 3. The van der Waals surface area contributed by atoms with Crippen LogP contribution in [-0.2, 0) is 4.74 Å². The lowest BCUT2D eigenvalue weighted by Gasteiger charge is -2.10. The molecule has 1 aromatic carbocycles. The molecule has 3 aromatic rings. The van der Waals surface area contributed by atoms with Crippen LogP contribution in [-0.4, -0.2) is 27.8 Å². The van der Waals surface area contributed by atoms with Crippen molar-refractivity contribution < 1.29 is 13.9 Å². The highest BCUT2D eigenvalue weighted by Crippen LogP contribution is 2.20. The average Bonchev–Trinajstić information content (AvgIpc) is 2.62. The molecule has 0 N–H and O–H groups in total. The fraction of sp³-hybridized carbons (Fsp3) is 0.0588. The van der Waals surface area contributed by atoms with E-state index in [-0.39, 0.29) is 11.3 Å². The topological polar surface area (TPSA) is 74.1 Å². The van der Waals surface area contributed by atoms with Gasteiger partial charge in [0.25, 0.3) is 5.56 Å². The fourth-order valence-corrected chi connectivity index (χ4v) is 2.33. The number of esters is 1. The zero-order chi connectivity index (χ0) is 18.0. The first-order chi connectivity index (χ1) is 12.0. The van der Waals surface area contributed by atoms with Gasteiger partial charge in [0.05, 0.1) is 30.9 Å². The highest BCUT2D eigenvalue weighted by molar-refractivity contribution is 6.30. The summed E-state index contributed by atoms with van der Waals surface area (Å²) in [5.41, 5.74) is 0.0586. The molecule has 0 saturated carbocycles. The Hall–Kier alpha value is -3.06. The molecule has 0 amide bonds. The van der Waals surface area contributed by atoms with E-state index in [0.29, 0.717) is 16.3 Å². The molecule has 2 heterocycles. The third-order valence-corrected chi connectivity index (χ3v) is 3.64. The summed E-state index contributed by atoms with van der Waals surface area (Å²) in [6.45, 7) is 0. The first-order valence-electron chi connectivity index (χ1n) is 7.09. The number of ether oxygens (including phenoxy) is 1. The van der Waals surface area contributed by atoms with Gasteiger partial charge in [-0.2, -0.15) is 9.78 Å². The summed E-state index contributed by atoms with van der Waals surface area (Å²) < 4.78 is 19.0. The van der Waals surface area contributed by atoms with Crippen molar-refractivity contribution >= 4 is 17.6 Å². The summed E-state index contributed by atoms with van der Waals surface area (Å²) >= 11 is 5.87. The van der Waals surface area contributed by atoms with Gasteiger partial charge in [0.15, 0.2) is 0 Å². The van der Waals surface area contributed by atoms with Crippen LogP contribution in [0.15, 0.2) is 53.6 Å². The lowest BCUT2D eigenvalue weighted by atomic mass is 10.1. The van der Waals surface area contributed by atoms with E-state index in [1.807, 2.05) is 0 Å². The molecular weight excluding hydrogens is 349 g/mol. The van der Waals surface area contributed by atoms with Gasteiger partial charge in [-0.1, -0.05) is 23.7 Å². The van der Waals surface area contributed by atoms with Gasteiger partial charge in [0.2, 0.25) is 0 Å². The van der Waals surface area contributed by atoms with Gasteiger partial charge in [-0.05, 0) is 18.2 Å². The van der Waals surface area contributed by atoms with Crippen LogP contribution in [0.5, 0.6) is 0 Å². The number of carbonyl (C=O) groups is 1. The van der Waals surface area contributed by atoms with Crippen LogP contribution in [0.1, 0.15) is 10.4 Å². The normalized spacial score (nSPS) is 10.5. The van der Waals surface area contributed by atoms with Crippen LogP contribution >= 0.6 is 11.6 Å². The van der Waals surface area contributed by atoms with Crippen LogP contribution in [0.2, 0.25) is 5.02 Å². The van der Waals surface area contributed by atoms with Crippen molar-refractivity contribution in [2.45, 2.75) is 0 Å². The predicted molar refractivity (Wildman–Crippen MR) is 89.4 cm³/mol. The Labute approximate surface area is 146 Å². The molecule has 3 rings (SSSR count). The number of halogens is 2. The highest BCUT2D eigenvalue weighted by atomic mass is 35.5. The maximum Gasteiger partial charge on any atom is 0.343 e. The van der Waals surface area contributed by atoms with Gasteiger partial charge in [-0.15, -0.1) is 0 Å². The number of pyridine rings is 1. The second kappa shape index (κ2) is 6.82. The summed E-state index contributed by atoms with van der Waals surface area (Å²) in [5, 5.41) is 4.73. The highest BCUT2D eigenvalue weighted by Gasteiger charge is 2.18. The van der Waals surface area contributed by atoms with Gasteiger partial charge in [-0.3, -0.25) is 9.78 Å². The Morgan fingerprint density at radius 2 is 1.92 bits per heavy atom. The summed E-state index contributed by atoms with van der Waals surface area (Å²) in [6.07, 6.45) is 2.27. The number of rotatable bonds is 3. The smallest absolute Gasteiger partial charge is 0.343 e. The molecule has 0 aliphatic carbocycles. The molecule has 0 aliphatic rings. The van der Waals surface area contributed by atoms with Crippen LogP contribution < -0.4 is 5.56 Å². The molecule has 0 saturated heterocycles. The minimum atomic E-state index is -0.819. The zero-order valence-electron chi connectivity index (χ0n) is 12.9. The number of methoxy groups -OCH3 is 1. The Morgan fingerprint density at radius 1 is 1.20 bits per heavy atom. The van der Waals surface area contributed by atoms with Crippen molar-refractivity contribution in [3.8, 4) is 16.9 Å². The van der Waals surface area contributed by atoms with E-state index >= 15 is 0 Å². The summed E-state index contributed by atoms with van der Waals surface area (Å²) in [5.74, 6) is -1.46. The maximum atomic E-state index is 13.5. The van der Waals surface area contributed by atoms with Crippen molar-refractivity contribution in [2.75, 3.05) is 7.11 Å². The van der Waals surface area contributed by atoms with Crippen LogP contribution in [0.25, 0.3) is 16.9 Å². The molecule has 8 heteroatoms. The van der Waals surface area contributed by atoms with E-state index in [2.05, 4.69) is 14.8 Å². The Kier molecular flexibility index (Phi) is 4.58. The molecule has 6 nitrogen and oxygen atoms in total. The Morgan fingerprint density at radius 3 is 2.56 bits per heavy atom. The molecule has 0 atom stereocenters. The maximum absolute atomic E-state index is 13.5. The molecule has 0 bridgehead atoms. The lowest BCUT2D eigenvalue weighted by molar-refractivity contribution is 0.0598. The molecule has 0 fully saturated rings. The number of hydrogen-bond donors (Lipinski definition) is 0. The fourth-order valence-electron chi connectivity index (χ4n) is 2.20. The van der Waals surface area contributed by atoms with E-state index in [4.69, 9.17) is 11.6 Å². The third kappa shape index (κ3) is 3.41. The first kappa shape index (κ1) is 16.8. The van der Waals surface area contributed by atoms with Crippen molar-refractivity contribution in [1.29, 1.82) is 0 Å². The number of carbonyl (C=O) groups excluding carboxylic acids is 1. The SMILES string of the molecule is COC(=O)c1cc(-c2ccc(Cl)cc2)nn(-c2cncc(F)c2)c1=O. The Balaban J connectivity index is 2.27. The van der Waals surface area contributed by atoms with E-state index in [1.54, 1.807) is 24.3 Å². The Bertz CT molecular complexity index is 1000. The van der Waals surface area contributed by atoms with Crippen molar-refractivity contribution in [3.63, 3.8) is 0 Å². The van der Waals surface area contributed by atoms with Gasteiger partial charge in [-0.25, -0.2) is 9.18 Å².